The standard InChI is InChI=1S/C19H28O4/c1-6-19(5)10-9-15(13(2)3)11-16(19)14(4)12-23-18(22)8-7-17(20)21/h6,15-16H,1-2,4,7-12H2,3,5H3,(H,20,21)/t15-,16+,19-/m1/s1. The van der Waals surface area contributed by atoms with Crippen LogP contribution in [0.3, 0.4) is 0 Å². The van der Waals surface area contributed by atoms with E-state index in [1.807, 2.05) is 13.0 Å². The molecular formula is C19H28O4. The lowest BCUT2D eigenvalue weighted by molar-refractivity contribution is -0.147. The number of rotatable bonds is 8. The minimum atomic E-state index is -1.00. The number of carboxylic acid groups (broad SMARTS) is 1. The third kappa shape index (κ3) is 5.38. The van der Waals surface area contributed by atoms with E-state index in [4.69, 9.17) is 9.84 Å². The van der Waals surface area contributed by atoms with Gasteiger partial charge in [0.1, 0.15) is 6.61 Å². The van der Waals surface area contributed by atoms with Crippen LogP contribution >= 0.6 is 0 Å². The molecule has 1 saturated carbocycles. The van der Waals surface area contributed by atoms with Gasteiger partial charge in [0, 0.05) is 0 Å². The second kappa shape index (κ2) is 8.14. The maximum Gasteiger partial charge on any atom is 0.306 e. The van der Waals surface area contributed by atoms with Crippen LogP contribution in [0.2, 0.25) is 0 Å². The molecule has 0 bridgehead atoms. The van der Waals surface area contributed by atoms with Crippen LogP contribution in [0.25, 0.3) is 0 Å². The summed E-state index contributed by atoms with van der Waals surface area (Å²) in [4.78, 5) is 22.0. The molecule has 0 amide bonds. The number of aliphatic carboxylic acids is 1. The maximum atomic E-state index is 11.6. The van der Waals surface area contributed by atoms with E-state index in [2.05, 4.69) is 26.7 Å². The monoisotopic (exact) mass is 320 g/mol. The molecule has 1 fully saturated rings. The summed E-state index contributed by atoms with van der Waals surface area (Å²) in [6.45, 7) is 16.5. The molecule has 1 aliphatic rings. The van der Waals surface area contributed by atoms with Crippen LogP contribution in [0.1, 0.15) is 46.0 Å². The lowest BCUT2D eigenvalue weighted by Crippen LogP contribution is -2.35. The first kappa shape index (κ1) is 19.2. The van der Waals surface area contributed by atoms with E-state index in [1.165, 1.54) is 5.57 Å². The van der Waals surface area contributed by atoms with Crippen LogP contribution in [-0.2, 0) is 14.3 Å². The largest absolute Gasteiger partial charge is 0.481 e. The number of carbonyl (C=O) groups excluding carboxylic acids is 1. The van der Waals surface area contributed by atoms with E-state index in [-0.39, 0.29) is 30.8 Å². The van der Waals surface area contributed by atoms with Gasteiger partial charge in [0.05, 0.1) is 12.8 Å². The van der Waals surface area contributed by atoms with Gasteiger partial charge in [-0.2, -0.15) is 0 Å². The summed E-state index contributed by atoms with van der Waals surface area (Å²) < 4.78 is 5.18. The molecule has 0 aromatic heterocycles. The van der Waals surface area contributed by atoms with Crippen molar-refractivity contribution in [1.82, 2.24) is 0 Å². The van der Waals surface area contributed by atoms with Crippen LogP contribution in [0.5, 0.6) is 0 Å². The van der Waals surface area contributed by atoms with Crippen LogP contribution in [0.15, 0.2) is 37.0 Å². The summed E-state index contributed by atoms with van der Waals surface area (Å²) in [6.07, 6.45) is 4.68. The van der Waals surface area contributed by atoms with Crippen molar-refractivity contribution in [3.63, 3.8) is 0 Å². The third-order valence-corrected chi connectivity index (χ3v) is 4.97. The van der Waals surface area contributed by atoms with Crippen molar-refractivity contribution in [2.75, 3.05) is 6.61 Å². The Morgan fingerprint density at radius 1 is 1.35 bits per heavy atom. The van der Waals surface area contributed by atoms with Gasteiger partial charge in [0.25, 0.3) is 0 Å². The molecule has 0 radical (unpaired) electrons. The highest BCUT2D eigenvalue weighted by Crippen LogP contribution is 2.48. The van der Waals surface area contributed by atoms with E-state index in [1.54, 1.807) is 0 Å². The molecule has 1 N–H and O–H groups in total. The van der Waals surface area contributed by atoms with E-state index in [0.29, 0.717) is 5.92 Å². The summed E-state index contributed by atoms with van der Waals surface area (Å²) in [6, 6.07) is 0. The smallest absolute Gasteiger partial charge is 0.306 e. The summed E-state index contributed by atoms with van der Waals surface area (Å²) in [7, 11) is 0. The Morgan fingerprint density at radius 3 is 2.52 bits per heavy atom. The first-order chi connectivity index (χ1) is 10.7. The number of hydrogen-bond acceptors (Lipinski definition) is 3. The molecule has 23 heavy (non-hydrogen) atoms. The molecule has 0 saturated heterocycles. The van der Waals surface area contributed by atoms with Gasteiger partial charge in [-0.15, -0.1) is 6.58 Å². The SMILES string of the molecule is C=C[C@]1(C)CC[C@@H](C(=C)C)C[C@H]1C(=C)COC(=O)CCC(=O)O. The van der Waals surface area contributed by atoms with E-state index in [0.717, 1.165) is 24.8 Å². The van der Waals surface area contributed by atoms with E-state index >= 15 is 0 Å². The fraction of sp³-hybridized carbons (Fsp3) is 0.579. The van der Waals surface area contributed by atoms with Crippen molar-refractivity contribution in [3.05, 3.63) is 37.0 Å². The maximum absolute atomic E-state index is 11.6. The Hall–Kier alpha value is -1.84. The number of carbonyl (C=O) groups is 2. The summed E-state index contributed by atoms with van der Waals surface area (Å²) in [5, 5.41) is 8.58. The van der Waals surface area contributed by atoms with Gasteiger partial charge in [0.15, 0.2) is 0 Å². The molecule has 0 aromatic rings. The highest BCUT2D eigenvalue weighted by atomic mass is 16.5. The molecule has 1 aliphatic carbocycles. The number of allylic oxidation sites excluding steroid dienone is 2. The Labute approximate surface area is 138 Å². The third-order valence-electron chi connectivity index (χ3n) is 4.97. The number of hydrogen-bond donors (Lipinski definition) is 1. The summed E-state index contributed by atoms with van der Waals surface area (Å²) in [5.41, 5.74) is 1.98. The molecule has 128 valence electrons. The molecule has 4 nitrogen and oxygen atoms in total. The van der Waals surface area contributed by atoms with Gasteiger partial charge < -0.3 is 9.84 Å². The zero-order chi connectivity index (χ0) is 17.6. The Kier molecular flexibility index (Phi) is 6.79. The highest BCUT2D eigenvalue weighted by Gasteiger charge is 2.39. The zero-order valence-corrected chi connectivity index (χ0v) is 14.3. The van der Waals surface area contributed by atoms with Crippen LogP contribution in [-0.4, -0.2) is 23.7 Å². The van der Waals surface area contributed by atoms with Gasteiger partial charge in [-0.3, -0.25) is 9.59 Å². The van der Waals surface area contributed by atoms with Crippen LogP contribution in [0.4, 0.5) is 0 Å². The van der Waals surface area contributed by atoms with Crippen molar-refractivity contribution in [3.8, 4) is 0 Å². The van der Waals surface area contributed by atoms with Crippen LogP contribution < -0.4 is 0 Å². The molecule has 0 heterocycles. The minimum absolute atomic E-state index is 0.0590. The molecule has 3 atom stereocenters. The highest BCUT2D eigenvalue weighted by molar-refractivity contribution is 5.76. The second-order valence-electron chi connectivity index (χ2n) is 6.79. The number of carboxylic acids is 1. The Bertz CT molecular complexity index is 505. The average molecular weight is 320 g/mol. The van der Waals surface area contributed by atoms with Gasteiger partial charge in [-0.05, 0) is 49.0 Å². The molecule has 0 aliphatic heterocycles. The van der Waals surface area contributed by atoms with Gasteiger partial charge in [0.2, 0.25) is 0 Å². The molecule has 0 aromatic carbocycles. The molecule has 0 spiro atoms. The summed E-state index contributed by atoms with van der Waals surface area (Å²) >= 11 is 0. The molecule has 4 heteroatoms. The average Bonchev–Trinajstić information content (AvgIpc) is 2.50. The van der Waals surface area contributed by atoms with Crippen molar-refractivity contribution < 1.29 is 19.4 Å². The predicted octanol–water partition coefficient (Wildman–Crippen LogP) is 4.14. The quantitative estimate of drug-likeness (QED) is 0.539. The van der Waals surface area contributed by atoms with Crippen molar-refractivity contribution in [2.24, 2.45) is 17.3 Å². The van der Waals surface area contributed by atoms with E-state index < -0.39 is 11.9 Å². The Balaban J connectivity index is 2.66. The fourth-order valence-corrected chi connectivity index (χ4v) is 3.21. The lowest BCUT2D eigenvalue weighted by Gasteiger charge is -2.44. The normalized spacial score (nSPS) is 27.0. The molecular weight excluding hydrogens is 292 g/mol. The first-order valence-electron chi connectivity index (χ1n) is 8.03. The molecule has 1 rings (SSSR count). The number of ether oxygens (including phenoxy) is 1. The van der Waals surface area contributed by atoms with Gasteiger partial charge in [-0.1, -0.05) is 31.7 Å². The lowest BCUT2D eigenvalue weighted by atomic mass is 9.61. The van der Waals surface area contributed by atoms with Crippen molar-refractivity contribution in [1.29, 1.82) is 0 Å². The fourth-order valence-electron chi connectivity index (χ4n) is 3.21. The van der Waals surface area contributed by atoms with Crippen molar-refractivity contribution in [2.45, 2.75) is 46.0 Å². The first-order valence-corrected chi connectivity index (χ1v) is 8.03. The molecule has 0 unspecified atom stereocenters. The van der Waals surface area contributed by atoms with Crippen molar-refractivity contribution >= 4 is 11.9 Å². The zero-order valence-electron chi connectivity index (χ0n) is 14.3. The van der Waals surface area contributed by atoms with E-state index in [9.17, 15) is 9.59 Å². The minimum Gasteiger partial charge on any atom is -0.481 e. The topological polar surface area (TPSA) is 63.6 Å². The van der Waals surface area contributed by atoms with Crippen LogP contribution in [0, 0.1) is 17.3 Å². The van der Waals surface area contributed by atoms with Gasteiger partial charge in [-0.25, -0.2) is 0 Å². The predicted molar refractivity (Wildman–Crippen MR) is 90.9 cm³/mol. The Morgan fingerprint density at radius 2 is 2.00 bits per heavy atom. The second-order valence-corrected chi connectivity index (χ2v) is 6.79. The summed E-state index contributed by atoms with van der Waals surface area (Å²) in [5.74, 6) is -0.868. The number of esters is 1. The van der Waals surface area contributed by atoms with Gasteiger partial charge >= 0.3 is 11.9 Å².